The van der Waals surface area contributed by atoms with Crippen LogP contribution in [0.2, 0.25) is 0 Å². The van der Waals surface area contributed by atoms with Crippen LogP contribution in [-0.4, -0.2) is 4.40 Å². The van der Waals surface area contributed by atoms with Crippen molar-refractivity contribution in [2.75, 3.05) is 0 Å². The summed E-state index contributed by atoms with van der Waals surface area (Å²) in [7, 11) is 0. The molecule has 0 aliphatic carbocycles. The largest absolute Gasteiger partial charge is 0.425 e. The van der Waals surface area contributed by atoms with Gasteiger partial charge in [-0.3, -0.25) is 5.56 Å². The van der Waals surface area contributed by atoms with Crippen LogP contribution in [0.15, 0.2) is 60.9 Å². The summed E-state index contributed by atoms with van der Waals surface area (Å²) >= 11 is 0. The van der Waals surface area contributed by atoms with Gasteiger partial charge in [0.25, 0.3) is 5.65 Å². The fourth-order valence-electron chi connectivity index (χ4n) is 5.04. The topological polar surface area (TPSA) is 8.29 Å². The van der Waals surface area contributed by atoms with E-state index in [0.717, 1.165) is 11.1 Å². The summed E-state index contributed by atoms with van der Waals surface area (Å²) in [5, 5.41) is 3.94. The van der Waals surface area contributed by atoms with Gasteiger partial charge < -0.3 is 35.9 Å². The maximum Gasteiger partial charge on any atom is 0.295 e. The smallest absolute Gasteiger partial charge is 0.295 e. The van der Waals surface area contributed by atoms with Crippen molar-refractivity contribution in [3.8, 4) is 11.1 Å². The van der Waals surface area contributed by atoms with E-state index in [1.165, 1.54) is 32.9 Å². The predicted octanol–water partition coefficient (Wildman–Crippen LogP) is 5.63. The Labute approximate surface area is 289 Å². The van der Waals surface area contributed by atoms with Crippen molar-refractivity contribution in [2.45, 2.75) is 38.6 Å². The third kappa shape index (κ3) is 3.76. The van der Waals surface area contributed by atoms with E-state index >= 15 is 0 Å². The van der Waals surface area contributed by atoms with Gasteiger partial charge in [0.15, 0.2) is 0 Å². The Kier molecular flexibility index (Phi) is 8.42. The molecule has 3 heterocycles. The normalized spacial score (nSPS) is 15.2. The second-order valence-corrected chi connectivity index (χ2v) is 9.12. The molecule has 0 bridgehead atoms. The summed E-state index contributed by atoms with van der Waals surface area (Å²) in [6.07, 6.45) is 4.46. The van der Waals surface area contributed by atoms with E-state index in [4.69, 9.17) is 0 Å². The van der Waals surface area contributed by atoms with Gasteiger partial charge in [-0.25, -0.2) is 4.57 Å². The molecule has 2 nitrogen and oxygen atoms in total. The Bertz CT molecular complexity index is 1450. The van der Waals surface area contributed by atoms with Crippen molar-refractivity contribution >= 4 is 27.3 Å². The molecule has 1 aliphatic rings. The van der Waals surface area contributed by atoms with Crippen LogP contribution in [0.4, 0.5) is 0 Å². The molecule has 3 radical (unpaired) electrons. The average molecular weight is 797 g/mol. The van der Waals surface area contributed by atoms with E-state index < -0.39 is 0 Å². The van der Waals surface area contributed by atoms with Crippen LogP contribution in [0.5, 0.6) is 0 Å². The minimum absolute atomic E-state index is 0. The first-order valence-corrected chi connectivity index (χ1v) is 10.1. The first-order chi connectivity index (χ1) is 13.9. The van der Waals surface area contributed by atoms with Crippen LogP contribution in [0.25, 0.3) is 38.4 Å². The second-order valence-electron chi connectivity index (χ2n) is 9.12. The SMILES string of the molecule is CC1(C)c2cccc3c4cc(-c5[c-]c[c-]c[c-]5)ccc4n4cc[n+](c4c23)C1(C)C.[Pr].[Pr].[Pr]. The zero-order valence-corrected chi connectivity index (χ0v) is 30.0. The van der Waals surface area contributed by atoms with Gasteiger partial charge in [0.2, 0.25) is 0 Å². The van der Waals surface area contributed by atoms with Crippen molar-refractivity contribution in [1.29, 1.82) is 0 Å². The molecule has 0 N–H and O–H groups in total. The van der Waals surface area contributed by atoms with Gasteiger partial charge in [-0.05, 0) is 30.9 Å². The number of hydrogen-bond acceptors (Lipinski definition) is 0. The molecule has 0 unspecified atom stereocenters. The third-order valence-electron chi connectivity index (χ3n) is 7.35. The van der Waals surface area contributed by atoms with Gasteiger partial charge in [0.1, 0.15) is 23.4 Å². The monoisotopic (exact) mass is 797 g/mol. The second kappa shape index (κ2) is 9.78. The van der Waals surface area contributed by atoms with Gasteiger partial charge >= 0.3 is 0 Å². The quantitative estimate of drug-likeness (QED) is 0.118. The Balaban J connectivity index is 0.000000963. The summed E-state index contributed by atoms with van der Waals surface area (Å²) in [4.78, 5) is 0. The van der Waals surface area contributed by atoms with E-state index in [-0.39, 0.29) is 135 Å². The van der Waals surface area contributed by atoms with Gasteiger partial charge in [-0.2, -0.15) is 16.5 Å². The van der Waals surface area contributed by atoms with Crippen molar-refractivity contribution in [3.63, 3.8) is 0 Å². The molecule has 6 rings (SSSR count). The van der Waals surface area contributed by atoms with Gasteiger partial charge in [0.05, 0.1) is 5.39 Å². The van der Waals surface area contributed by atoms with E-state index in [1.54, 1.807) is 0 Å². The number of benzene rings is 3. The molecule has 1 aliphatic heterocycles. The summed E-state index contributed by atoms with van der Waals surface area (Å²) in [6.45, 7) is 9.43. The number of pyridine rings is 1. The minimum Gasteiger partial charge on any atom is -0.425 e. The molecule has 151 valence electrons. The van der Waals surface area contributed by atoms with Crippen LogP contribution in [-0.2, 0) is 11.0 Å². The molecule has 5 heteroatoms. The minimum atomic E-state index is -0.0267. The molecule has 3 aromatic carbocycles. The number of hydrogen-bond donors (Lipinski definition) is 0. The van der Waals surface area contributed by atoms with Crippen molar-refractivity contribution in [1.82, 2.24) is 4.40 Å². The molecule has 0 fully saturated rings. The predicted molar refractivity (Wildman–Crippen MR) is 117 cm³/mol. The number of aromatic nitrogens is 2. The van der Waals surface area contributed by atoms with E-state index in [1.807, 2.05) is 12.1 Å². The Morgan fingerprint density at radius 1 is 0.875 bits per heavy atom. The fourth-order valence-corrected chi connectivity index (χ4v) is 5.04. The zero-order chi connectivity index (χ0) is 20.0. The average Bonchev–Trinajstić information content (AvgIpc) is 3.19. The van der Waals surface area contributed by atoms with Gasteiger partial charge in [-0.15, -0.1) is 0 Å². The maximum absolute atomic E-state index is 3.26. The summed E-state index contributed by atoms with van der Waals surface area (Å²) in [5.41, 5.74) is 6.02. The molecular formula is C27H22N2Pr3-2. The van der Waals surface area contributed by atoms with E-state index in [2.05, 4.69) is 104 Å². The van der Waals surface area contributed by atoms with Crippen LogP contribution in [0.3, 0.4) is 0 Å². The number of rotatable bonds is 1. The molecule has 0 spiro atoms. The summed E-state index contributed by atoms with van der Waals surface area (Å²) in [5.74, 6) is 0. The molecule has 32 heavy (non-hydrogen) atoms. The standard InChI is InChI=1S/C27H22N2.3Pr/c1-26(2)22-12-8-11-20-21-17-19(18-9-6-5-7-10-18)13-14-23(21)28-15-16-29(27(26,3)4)25(28)24(20)22;;;/h6-8,11-17H,1-4H3;;;/q-2;;;. The number of nitrogens with zero attached hydrogens (tertiary/aromatic N) is 2. The Morgan fingerprint density at radius 3 is 2.31 bits per heavy atom. The van der Waals surface area contributed by atoms with Crippen molar-refractivity contribution in [3.05, 3.63) is 84.7 Å². The number of fused-ring (bicyclic) bond motifs is 3. The van der Waals surface area contributed by atoms with Gasteiger partial charge in [-0.1, -0.05) is 32.0 Å². The Morgan fingerprint density at radius 2 is 1.59 bits per heavy atom. The Hall–Kier alpha value is 0.961. The maximum atomic E-state index is 3.26. The van der Waals surface area contributed by atoms with E-state index in [0.29, 0.717) is 0 Å². The molecule has 0 saturated carbocycles. The fraction of sp³-hybridized carbons (Fsp3) is 0.222. The van der Waals surface area contributed by atoms with Crippen molar-refractivity contribution in [2.24, 2.45) is 0 Å². The molecular weight excluding hydrogens is 775 g/mol. The van der Waals surface area contributed by atoms with Crippen LogP contribution >= 0.6 is 0 Å². The van der Waals surface area contributed by atoms with Gasteiger partial charge in [0, 0.05) is 135 Å². The first kappa shape index (κ1) is 27.5. The van der Waals surface area contributed by atoms with Crippen LogP contribution in [0.1, 0.15) is 33.3 Å². The molecule has 0 amide bonds. The third-order valence-corrected chi connectivity index (χ3v) is 7.35. The summed E-state index contributed by atoms with van der Waals surface area (Å²) in [6, 6.07) is 26.7. The molecule has 5 aromatic rings. The van der Waals surface area contributed by atoms with Crippen molar-refractivity contribution < 1.29 is 128 Å². The zero-order valence-electron chi connectivity index (χ0n) is 18.9. The van der Waals surface area contributed by atoms with E-state index in [9.17, 15) is 0 Å². The molecule has 0 saturated heterocycles. The van der Waals surface area contributed by atoms with Crippen LogP contribution < -0.4 is 4.57 Å². The summed E-state index contributed by atoms with van der Waals surface area (Å²) < 4.78 is 4.82. The molecule has 0 atom stereocenters. The first-order valence-electron chi connectivity index (χ1n) is 10.1. The molecule has 2 aromatic heterocycles. The number of imidazole rings is 1. The van der Waals surface area contributed by atoms with Crippen LogP contribution in [0, 0.1) is 142 Å².